The molecule has 0 heterocycles. The average Bonchev–Trinajstić information content (AvgIpc) is 2.96. The van der Waals surface area contributed by atoms with E-state index in [-0.39, 0.29) is 5.41 Å². The summed E-state index contributed by atoms with van der Waals surface area (Å²) < 4.78 is 0. The highest BCUT2D eigenvalue weighted by Gasteiger charge is 2.60. The van der Waals surface area contributed by atoms with Gasteiger partial charge in [-0.05, 0) is 68.6 Å². The van der Waals surface area contributed by atoms with Crippen LogP contribution in [0.5, 0.6) is 0 Å². The maximum absolute atomic E-state index is 12.6. The number of hydrogen-bond donors (Lipinski definition) is 2. The molecule has 4 heteroatoms. The number of carbonyl (C=O) groups excluding carboxylic acids is 1. The van der Waals surface area contributed by atoms with E-state index in [1.165, 1.54) is 25.0 Å². The Morgan fingerprint density at radius 3 is 2.81 bits per heavy atom. The van der Waals surface area contributed by atoms with Gasteiger partial charge in [0.2, 0.25) is 0 Å². The van der Waals surface area contributed by atoms with Crippen molar-refractivity contribution in [2.24, 2.45) is 40.2 Å². The summed E-state index contributed by atoms with van der Waals surface area (Å²) in [5.74, 6) is 3.03. The van der Waals surface area contributed by atoms with Crippen LogP contribution in [0.15, 0.2) is 23.4 Å². The third-order valence-corrected chi connectivity index (χ3v) is 8.67. The van der Waals surface area contributed by atoms with Gasteiger partial charge in [-0.3, -0.25) is 15.1 Å². The summed E-state index contributed by atoms with van der Waals surface area (Å²) in [5.41, 5.74) is 11.7. The second-order valence-electron chi connectivity index (χ2n) is 9.78. The van der Waals surface area contributed by atoms with E-state index in [1.807, 2.05) is 0 Å². The van der Waals surface area contributed by atoms with Crippen molar-refractivity contribution < 1.29 is 9.63 Å². The lowest BCUT2D eigenvalue weighted by atomic mass is 9.45. The molecule has 4 aliphatic carbocycles. The molecule has 0 aromatic heterocycles. The maximum atomic E-state index is 12.6. The first-order valence-electron chi connectivity index (χ1n) is 10.9. The second kappa shape index (κ2) is 7.04. The van der Waals surface area contributed by atoms with Crippen LogP contribution in [0.3, 0.4) is 0 Å². The van der Waals surface area contributed by atoms with Gasteiger partial charge in [-0.25, -0.2) is 0 Å². The topological polar surface area (TPSA) is 64.3 Å². The minimum absolute atomic E-state index is 0.0451. The van der Waals surface area contributed by atoms with Crippen LogP contribution in [0.1, 0.15) is 65.7 Å². The van der Waals surface area contributed by atoms with Gasteiger partial charge in [0.05, 0.1) is 6.61 Å². The minimum atomic E-state index is -0.0451. The fourth-order valence-electron chi connectivity index (χ4n) is 7.13. The molecule has 0 aromatic rings. The molecule has 3 saturated carbocycles. The van der Waals surface area contributed by atoms with Gasteiger partial charge in [-0.1, -0.05) is 31.6 Å². The number of rotatable bonds is 4. The van der Waals surface area contributed by atoms with Crippen molar-refractivity contribution in [3.8, 4) is 0 Å². The summed E-state index contributed by atoms with van der Waals surface area (Å²) in [6, 6.07) is 0. The summed E-state index contributed by atoms with van der Waals surface area (Å²) in [4.78, 5) is 18.1. The molecule has 0 spiro atoms. The molecule has 0 aromatic carbocycles. The Balaban J connectivity index is 1.62. The lowest BCUT2D eigenvalue weighted by molar-refractivity contribution is -0.133. The van der Waals surface area contributed by atoms with E-state index in [9.17, 15) is 4.79 Å². The molecule has 4 nitrogen and oxygen atoms in total. The van der Waals surface area contributed by atoms with Crippen molar-refractivity contribution >= 4 is 5.78 Å². The van der Waals surface area contributed by atoms with Crippen LogP contribution in [-0.4, -0.2) is 18.9 Å². The van der Waals surface area contributed by atoms with Gasteiger partial charge in [0.25, 0.3) is 0 Å². The molecule has 0 saturated heterocycles. The van der Waals surface area contributed by atoms with Crippen molar-refractivity contribution in [2.75, 3.05) is 13.2 Å². The summed E-state index contributed by atoms with van der Waals surface area (Å²) >= 11 is 0. The van der Waals surface area contributed by atoms with Crippen LogP contribution >= 0.6 is 0 Å². The molecule has 3 N–H and O–H groups in total. The van der Waals surface area contributed by atoms with Gasteiger partial charge in [-0.2, -0.15) is 0 Å². The maximum Gasteiger partial charge on any atom is 0.139 e. The van der Waals surface area contributed by atoms with Crippen molar-refractivity contribution in [3.05, 3.63) is 23.4 Å². The molecule has 4 aliphatic rings. The normalized spacial score (nSPS) is 45.1. The largest absolute Gasteiger partial charge is 0.328 e. The number of carbonyl (C=O) groups is 1. The molecule has 150 valence electrons. The molecule has 0 amide bonds. The third kappa shape index (κ3) is 2.91. The van der Waals surface area contributed by atoms with Gasteiger partial charge in [0, 0.05) is 30.0 Å². The summed E-state index contributed by atoms with van der Waals surface area (Å²) in [7, 11) is 0. The Hall–Kier alpha value is -1.13. The zero-order chi connectivity index (χ0) is 19.2. The number of allylic oxidation sites excluding steroid dienone is 4. The average molecular weight is 373 g/mol. The van der Waals surface area contributed by atoms with E-state index >= 15 is 0 Å². The van der Waals surface area contributed by atoms with Crippen LogP contribution in [0.4, 0.5) is 0 Å². The Kier molecular flexibility index (Phi) is 5.00. The fourth-order valence-corrected chi connectivity index (χ4v) is 7.13. The number of hydroxylamine groups is 1. The summed E-state index contributed by atoms with van der Waals surface area (Å²) in [5, 5.41) is 0. The van der Waals surface area contributed by atoms with Crippen LogP contribution in [0, 0.1) is 34.5 Å². The lowest BCUT2D eigenvalue weighted by Crippen LogP contribution is -2.53. The first kappa shape index (κ1) is 19.2. The van der Waals surface area contributed by atoms with E-state index in [2.05, 4.69) is 38.4 Å². The third-order valence-electron chi connectivity index (χ3n) is 8.67. The highest BCUT2D eigenvalue weighted by atomic mass is 16.6. The van der Waals surface area contributed by atoms with E-state index in [1.54, 1.807) is 5.57 Å². The SMILES string of the molecule is CC=C1C[C@@H]2[C@H](CC[C@]3(C)C(=O)CC[C@@H]23)[C@@]2(C)CCC(NOCCN)=CC12. The van der Waals surface area contributed by atoms with E-state index < -0.39 is 0 Å². The van der Waals surface area contributed by atoms with E-state index in [4.69, 9.17) is 10.6 Å². The summed E-state index contributed by atoms with van der Waals surface area (Å²) in [6.45, 7) is 8.05. The zero-order valence-electron chi connectivity index (χ0n) is 17.2. The molecule has 4 rings (SSSR count). The molecule has 1 unspecified atom stereocenters. The Morgan fingerprint density at radius 2 is 2.07 bits per heavy atom. The van der Waals surface area contributed by atoms with Gasteiger partial charge in [0.15, 0.2) is 0 Å². The Labute approximate surface area is 163 Å². The van der Waals surface area contributed by atoms with Crippen LogP contribution in [0.25, 0.3) is 0 Å². The lowest BCUT2D eigenvalue weighted by Gasteiger charge is -2.59. The number of nitrogens with two attached hydrogens (primary N) is 1. The van der Waals surface area contributed by atoms with E-state index in [0.717, 1.165) is 31.6 Å². The molecule has 0 aliphatic heterocycles. The number of nitrogens with one attached hydrogen (secondary N) is 1. The quantitative estimate of drug-likeness (QED) is 0.442. The highest BCUT2D eigenvalue weighted by Crippen LogP contribution is 2.66. The van der Waals surface area contributed by atoms with Crippen LogP contribution < -0.4 is 11.2 Å². The van der Waals surface area contributed by atoms with Gasteiger partial charge < -0.3 is 5.73 Å². The molecule has 0 radical (unpaired) electrons. The minimum Gasteiger partial charge on any atom is -0.328 e. The Bertz CT molecular complexity index is 669. The number of hydrogen-bond acceptors (Lipinski definition) is 4. The number of Topliss-reactive ketones (excluding diaryl/α,β-unsaturated/α-hetero) is 1. The Morgan fingerprint density at radius 1 is 1.26 bits per heavy atom. The molecular formula is C23H36N2O2. The predicted molar refractivity (Wildman–Crippen MR) is 107 cm³/mol. The number of ketones is 1. The summed E-state index contributed by atoms with van der Waals surface area (Å²) in [6.07, 6.45) is 12.4. The monoisotopic (exact) mass is 372 g/mol. The molecule has 27 heavy (non-hydrogen) atoms. The molecular weight excluding hydrogens is 336 g/mol. The molecule has 6 atom stereocenters. The van der Waals surface area contributed by atoms with Crippen molar-refractivity contribution in [2.45, 2.75) is 65.7 Å². The zero-order valence-corrected chi connectivity index (χ0v) is 17.2. The standard InChI is InChI=1S/C23H36N2O2/c1-4-15-13-17-18-5-6-21(26)23(18,3)10-8-19(17)22(2)9-7-16(14-20(15)22)25-27-12-11-24/h4,14,17-20,25H,5-13,24H2,1-3H3/t17-,18-,19-,20?,22+,23-/m0/s1. The molecule has 3 fully saturated rings. The highest BCUT2D eigenvalue weighted by molar-refractivity contribution is 5.87. The number of fused-ring (bicyclic) bond motifs is 5. The van der Waals surface area contributed by atoms with E-state index in [0.29, 0.717) is 42.1 Å². The van der Waals surface area contributed by atoms with Crippen molar-refractivity contribution in [1.29, 1.82) is 0 Å². The van der Waals surface area contributed by atoms with Crippen molar-refractivity contribution in [1.82, 2.24) is 5.48 Å². The van der Waals surface area contributed by atoms with Gasteiger partial charge in [-0.15, -0.1) is 0 Å². The van der Waals surface area contributed by atoms with Crippen LogP contribution in [0.2, 0.25) is 0 Å². The first-order chi connectivity index (χ1) is 12.9. The first-order valence-corrected chi connectivity index (χ1v) is 10.9. The predicted octanol–water partition coefficient (Wildman–Crippen LogP) is 4.13. The smallest absolute Gasteiger partial charge is 0.139 e. The van der Waals surface area contributed by atoms with Gasteiger partial charge >= 0.3 is 0 Å². The van der Waals surface area contributed by atoms with Crippen LogP contribution in [-0.2, 0) is 9.63 Å². The van der Waals surface area contributed by atoms with Crippen molar-refractivity contribution in [3.63, 3.8) is 0 Å². The molecule has 0 bridgehead atoms. The van der Waals surface area contributed by atoms with Gasteiger partial charge in [0.1, 0.15) is 5.78 Å². The second-order valence-corrected chi connectivity index (χ2v) is 9.78. The fraction of sp³-hybridized carbons (Fsp3) is 0.783.